The predicted octanol–water partition coefficient (Wildman–Crippen LogP) is 4.02. The lowest BCUT2D eigenvalue weighted by Gasteiger charge is -2.15. The van der Waals surface area contributed by atoms with E-state index in [1.54, 1.807) is 54.6 Å². The normalized spacial score (nSPS) is 11.5. The number of hydrogen-bond acceptors (Lipinski definition) is 4. The number of aryl methyl sites for hydroxylation is 1. The molecule has 1 atom stereocenters. The zero-order chi connectivity index (χ0) is 21.2. The van der Waals surface area contributed by atoms with E-state index in [0.29, 0.717) is 17.9 Å². The van der Waals surface area contributed by atoms with Crippen molar-refractivity contribution in [3.05, 3.63) is 102 Å². The van der Waals surface area contributed by atoms with E-state index >= 15 is 0 Å². The number of benzene rings is 3. The molecule has 0 heterocycles. The average Bonchev–Trinajstić information content (AvgIpc) is 2.79. The van der Waals surface area contributed by atoms with Crippen LogP contribution < -0.4 is 10.1 Å². The maximum Gasteiger partial charge on any atom is 0.257 e. The molecule has 0 aliphatic heterocycles. The molecule has 0 spiro atoms. The zero-order valence-corrected chi connectivity index (χ0v) is 16.7. The molecular formula is C25H25NO4. The van der Waals surface area contributed by atoms with Gasteiger partial charge in [-0.15, -0.1) is 0 Å². The smallest absolute Gasteiger partial charge is 0.257 e. The highest BCUT2D eigenvalue weighted by atomic mass is 16.5. The maximum absolute atomic E-state index is 12.6. The van der Waals surface area contributed by atoms with E-state index in [0.717, 1.165) is 19.3 Å². The van der Waals surface area contributed by atoms with Crippen LogP contribution in [0.3, 0.4) is 0 Å². The number of hydrogen-bond donors (Lipinski definition) is 2. The van der Waals surface area contributed by atoms with Gasteiger partial charge in [-0.05, 0) is 37.0 Å². The molecule has 0 fully saturated rings. The monoisotopic (exact) mass is 403 g/mol. The Labute approximate surface area is 176 Å². The molecule has 1 unspecified atom stereocenters. The fraction of sp³-hybridized carbons (Fsp3) is 0.200. The molecule has 0 saturated carbocycles. The first-order valence-corrected chi connectivity index (χ1v) is 9.99. The van der Waals surface area contributed by atoms with Crippen molar-refractivity contribution < 1.29 is 19.4 Å². The third-order valence-corrected chi connectivity index (χ3v) is 4.67. The highest BCUT2D eigenvalue weighted by Crippen LogP contribution is 2.19. The van der Waals surface area contributed by atoms with Gasteiger partial charge in [0.2, 0.25) is 5.78 Å². The van der Waals surface area contributed by atoms with E-state index in [2.05, 4.69) is 17.4 Å². The minimum Gasteiger partial charge on any atom is -0.493 e. The van der Waals surface area contributed by atoms with Crippen molar-refractivity contribution in [2.45, 2.75) is 25.5 Å². The maximum atomic E-state index is 12.6. The van der Waals surface area contributed by atoms with Crippen molar-refractivity contribution in [1.29, 1.82) is 0 Å². The topological polar surface area (TPSA) is 75.6 Å². The van der Waals surface area contributed by atoms with Crippen LogP contribution in [-0.2, 0) is 6.42 Å². The zero-order valence-electron chi connectivity index (χ0n) is 16.7. The molecule has 0 radical (unpaired) electrons. The largest absolute Gasteiger partial charge is 0.493 e. The van der Waals surface area contributed by atoms with Gasteiger partial charge in [0.25, 0.3) is 5.91 Å². The Morgan fingerprint density at radius 2 is 1.47 bits per heavy atom. The Hall–Kier alpha value is -3.44. The number of ketones is 1. The average molecular weight is 403 g/mol. The summed E-state index contributed by atoms with van der Waals surface area (Å²) in [5.41, 5.74) is 1.89. The van der Waals surface area contributed by atoms with Gasteiger partial charge in [0, 0.05) is 5.56 Å². The molecule has 0 aromatic heterocycles. The molecule has 3 aromatic carbocycles. The molecule has 0 saturated heterocycles. The molecule has 1 amide bonds. The highest BCUT2D eigenvalue weighted by molar-refractivity contribution is 6.04. The van der Waals surface area contributed by atoms with Gasteiger partial charge in [-0.25, -0.2) is 0 Å². The summed E-state index contributed by atoms with van der Waals surface area (Å²) in [5.74, 6) is -0.705. The number of ether oxygens (including phenoxy) is 1. The highest BCUT2D eigenvalue weighted by Gasteiger charge is 2.21. The standard InChI is InChI=1S/C25H25NO4/c27-23(20-14-5-2-6-15-20)25(29)26-24(28)21-16-7-8-17-22(21)30-18-10-9-13-19-11-3-1-4-12-19/h1-8,11-12,14-17,25,29H,9-10,13,18H2,(H,26,28). The van der Waals surface area contributed by atoms with Gasteiger partial charge in [0.05, 0.1) is 12.2 Å². The molecule has 0 aliphatic carbocycles. The van der Waals surface area contributed by atoms with Crippen LogP contribution in [0.15, 0.2) is 84.9 Å². The summed E-state index contributed by atoms with van der Waals surface area (Å²) in [6, 6.07) is 25.4. The first-order valence-electron chi connectivity index (χ1n) is 9.99. The number of unbranched alkanes of at least 4 members (excludes halogenated alkanes) is 1. The van der Waals surface area contributed by atoms with Crippen LogP contribution in [0, 0.1) is 0 Å². The molecule has 0 aliphatic rings. The first-order chi connectivity index (χ1) is 14.6. The van der Waals surface area contributed by atoms with Crippen LogP contribution >= 0.6 is 0 Å². The molecular weight excluding hydrogens is 378 g/mol. The summed E-state index contributed by atoms with van der Waals surface area (Å²) in [4.78, 5) is 24.8. The van der Waals surface area contributed by atoms with Crippen LogP contribution in [0.5, 0.6) is 5.75 Å². The third-order valence-electron chi connectivity index (χ3n) is 4.67. The van der Waals surface area contributed by atoms with Crippen molar-refractivity contribution in [2.24, 2.45) is 0 Å². The third kappa shape index (κ3) is 6.03. The van der Waals surface area contributed by atoms with Crippen LogP contribution in [0.2, 0.25) is 0 Å². The van der Waals surface area contributed by atoms with E-state index in [9.17, 15) is 14.7 Å². The van der Waals surface area contributed by atoms with Gasteiger partial charge in [-0.2, -0.15) is 0 Å². The Balaban J connectivity index is 1.52. The number of nitrogens with one attached hydrogen (secondary N) is 1. The van der Waals surface area contributed by atoms with E-state index in [1.807, 2.05) is 18.2 Å². The van der Waals surface area contributed by atoms with Crippen molar-refractivity contribution in [3.63, 3.8) is 0 Å². The lowest BCUT2D eigenvalue weighted by atomic mass is 10.1. The Morgan fingerprint density at radius 1 is 0.833 bits per heavy atom. The molecule has 5 nitrogen and oxygen atoms in total. The van der Waals surface area contributed by atoms with E-state index in [1.165, 1.54) is 5.56 Å². The van der Waals surface area contributed by atoms with E-state index in [-0.39, 0.29) is 5.56 Å². The number of Topliss-reactive ketones (excluding diaryl/α,β-unsaturated/α-hetero) is 1. The summed E-state index contributed by atoms with van der Waals surface area (Å²) in [6.07, 6.45) is 1.17. The molecule has 5 heteroatoms. The van der Waals surface area contributed by atoms with Crippen molar-refractivity contribution >= 4 is 11.7 Å². The number of carbonyl (C=O) groups is 2. The van der Waals surface area contributed by atoms with Crippen LogP contribution in [0.25, 0.3) is 0 Å². The number of aliphatic hydroxyl groups is 1. The minimum absolute atomic E-state index is 0.278. The van der Waals surface area contributed by atoms with E-state index in [4.69, 9.17) is 4.74 Å². The van der Waals surface area contributed by atoms with Gasteiger partial charge in [0.1, 0.15) is 5.75 Å². The molecule has 30 heavy (non-hydrogen) atoms. The summed E-state index contributed by atoms with van der Waals surface area (Å²) in [7, 11) is 0. The van der Waals surface area contributed by atoms with Gasteiger partial charge in [-0.3, -0.25) is 9.59 Å². The number of carbonyl (C=O) groups excluding carboxylic acids is 2. The quantitative estimate of drug-likeness (QED) is 0.305. The number of amides is 1. The Kier molecular flexibility index (Phi) is 7.75. The van der Waals surface area contributed by atoms with Crippen molar-refractivity contribution in [2.75, 3.05) is 6.61 Å². The second-order valence-electron chi connectivity index (χ2n) is 6.89. The van der Waals surface area contributed by atoms with Gasteiger partial charge in [0.15, 0.2) is 6.23 Å². The molecule has 2 N–H and O–H groups in total. The SMILES string of the molecule is O=C(NC(O)C(=O)c1ccccc1)c1ccccc1OCCCCc1ccccc1. The van der Waals surface area contributed by atoms with E-state index < -0.39 is 17.9 Å². The van der Waals surface area contributed by atoms with Gasteiger partial charge >= 0.3 is 0 Å². The first kappa shape index (κ1) is 21.3. The predicted molar refractivity (Wildman–Crippen MR) is 116 cm³/mol. The molecule has 3 rings (SSSR count). The van der Waals surface area contributed by atoms with Crippen LogP contribution in [0.1, 0.15) is 39.1 Å². The van der Waals surface area contributed by atoms with Gasteiger partial charge < -0.3 is 15.2 Å². The second-order valence-corrected chi connectivity index (χ2v) is 6.89. The minimum atomic E-state index is -1.63. The van der Waals surface area contributed by atoms with Crippen LogP contribution in [-0.4, -0.2) is 29.6 Å². The lowest BCUT2D eigenvalue weighted by Crippen LogP contribution is -2.40. The van der Waals surface area contributed by atoms with Gasteiger partial charge in [-0.1, -0.05) is 72.8 Å². The second kappa shape index (κ2) is 10.9. The Morgan fingerprint density at radius 3 is 2.20 bits per heavy atom. The summed E-state index contributed by atoms with van der Waals surface area (Å²) in [6.45, 7) is 0.475. The Bertz CT molecular complexity index is 957. The summed E-state index contributed by atoms with van der Waals surface area (Å²) < 4.78 is 5.80. The summed E-state index contributed by atoms with van der Waals surface area (Å²) >= 11 is 0. The van der Waals surface area contributed by atoms with Crippen molar-refractivity contribution in [3.8, 4) is 5.75 Å². The van der Waals surface area contributed by atoms with Crippen LogP contribution in [0.4, 0.5) is 0 Å². The lowest BCUT2D eigenvalue weighted by molar-refractivity contribution is 0.0606. The van der Waals surface area contributed by atoms with Crippen molar-refractivity contribution in [1.82, 2.24) is 5.32 Å². The number of para-hydroxylation sites is 1. The number of aliphatic hydroxyl groups excluding tert-OH is 1. The summed E-state index contributed by atoms with van der Waals surface area (Å²) in [5, 5.41) is 12.5. The molecule has 3 aromatic rings. The fourth-order valence-corrected chi connectivity index (χ4v) is 3.07. The molecule has 0 bridgehead atoms. The molecule has 154 valence electrons. The fourth-order valence-electron chi connectivity index (χ4n) is 3.07. The number of rotatable bonds is 10.